The van der Waals surface area contributed by atoms with Gasteiger partial charge in [0.15, 0.2) is 11.6 Å². The first kappa shape index (κ1) is 20.7. The van der Waals surface area contributed by atoms with Crippen LogP contribution in [0.4, 0.5) is 8.78 Å². The molecule has 7 heteroatoms. The number of furan rings is 1. The van der Waals surface area contributed by atoms with Crippen molar-refractivity contribution >= 4 is 18.6 Å². The molecule has 1 aromatic heterocycles. The Morgan fingerprint density at radius 2 is 1.89 bits per heavy atom. The summed E-state index contributed by atoms with van der Waals surface area (Å²) in [6, 6.07) is 10.7. The lowest BCUT2D eigenvalue weighted by atomic mass is 10.0. The first-order chi connectivity index (χ1) is 13.2. The summed E-state index contributed by atoms with van der Waals surface area (Å²) in [5.74, 6) is -1.66. The molecule has 0 saturated carbocycles. The first-order valence-corrected chi connectivity index (χ1v) is 10.8. The molecule has 0 fully saturated rings. The van der Waals surface area contributed by atoms with E-state index < -0.39 is 31.0 Å². The second-order valence-corrected chi connectivity index (χ2v) is 8.91. The molecule has 3 unspecified atom stereocenters. The van der Waals surface area contributed by atoms with Gasteiger partial charge >= 0.3 is 7.60 Å². The molecule has 0 radical (unpaired) electrons. The Morgan fingerprint density at radius 3 is 2.54 bits per heavy atom. The van der Waals surface area contributed by atoms with E-state index in [0.29, 0.717) is 23.3 Å². The van der Waals surface area contributed by atoms with E-state index in [9.17, 15) is 18.2 Å². The lowest BCUT2D eigenvalue weighted by molar-refractivity contribution is 0.178. The highest BCUT2D eigenvalue weighted by Gasteiger charge is 2.39. The normalized spacial score (nSPS) is 16.1. The Kier molecular flexibility index (Phi) is 6.04. The van der Waals surface area contributed by atoms with Crippen molar-refractivity contribution in [2.75, 3.05) is 0 Å². The molecule has 3 rings (SSSR count). The van der Waals surface area contributed by atoms with E-state index >= 15 is 0 Å². The summed E-state index contributed by atoms with van der Waals surface area (Å²) in [4.78, 5) is 10.8. The Bertz CT molecular complexity index is 1030. The molecule has 0 amide bonds. The third-order valence-corrected chi connectivity index (χ3v) is 6.76. The lowest BCUT2D eigenvalue weighted by Crippen LogP contribution is -2.12. The molecule has 0 bridgehead atoms. The maximum atomic E-state index is 13.7. The number of hydrogen-bond donors (Lipinski definition) is 1. The average molecular weight is 408 g/mol. The molecular formula is C21H23F2O4P. The zero-order chi connectivity index (χ0) is 20.5. The van der Waals surface area contributed by atoms with Crippen molar-refractivity contribution in [3.05, 3.63) is 71.0 Å². The van der Waals surface area contributed by atoms with Crippen LogP contribution < -0.4 is 0 Å². The van der Waals surface area contributed by atoms with Crippen molar-refractivity contribution in [2.24, 2.45) is 0 Å². The number of hydrogen-bond acceptors (Lipinski definition) is 3. The second kappa shape index (κ2) is 8.16. The molecule has 0 aliphatic rings. The Hall–Kier alpha value is -2.01. The van der Waals surface area contributed by atoms with Gasteiger partial charge in [-0.25, -0.2) is 8.78 Å². The van der Waals surface area contributed by atoms with Crippen LogP contribution in [0.5, 0.6) is 0 Å². The minimum atomic E-state index is -4.18. The minimum absolute atomic E-state index is 0.0257. The summed E-state index contributed by atoms with van der Waals surface area (Å²) in [6.45, 7) is 5.37. The number of fused-ring (bicyclic) bond motifs is 1. The van der Waals surface area contributed by atoms with Gasteiger partial charge in [-0.2, -0.15) is 0 Å². The van der Waals surface area contributed by atoms with E-state index in [1.165, 1.54) is 6.07 Å². The van der Waals surface area contributed by atoms with Crippen molar-refractivity contribution in [1.29, 1.82) is 0 Å². The predicted octanol–water partition coefficient (Wildman–Crippen LogP) is 6.30. The zero-order valence-electron chi connectivity index (χ0n) is 16.0. The molecule has 2 aromatic carbocycles. The maximum Gasteiger partial charge on any atom is 0.339 e. The van der Waals surface area contributed by atoms with Crippen LogP contribution in [0.2, 0.25) is 0 Å². The SMILES string of the molecule is CCC(C)OP(=O)(O)C(Cc1ccc(F)c(F)c1)c1oc2ccccc2c1C. The van der Waals surface area contributed by atoms with Gasteiger partial charge in [-0.05, 0) is 56.0 Å². The fraction of sp³-hybridized carbons (Fsp3) is 0.333. The number of para-hydroxylation sites is 1. The summed E-state index contributed by atoms with van der Waals surface area (Å²) >= 11 is 0. The third kappa shape index (κ3) is 4.19. The van der Waals surface area contributed by atoms with Gasteiger partial charge in [0.1, 0.15) is 17.0 Å². The van der Waals surface area contributed by atoms with Crippen molar-refractivity contribution in [1.82, 2.24) is 0 Å². The highest BCUT2D eigenvalue weighted by Crippen LogP contribution is 2.60. The van der Waals surface area contributed by atoms with Crippen molar-refractivity contribution < 1.29 is 27.2 Å². The first-order valence-electron chi connectivity index (χ1n) is 9.15. The fourth-order valence-corrected chi connectivity index (χ4v) is 4.96. The summed E-state index contributed by atoms with van der Waals surface area (Å²) in [6.07, 6.45) is 0.0943. The van der Waals surface area contributed by atoms with Gasteiger partial charge < -0.3 is 13.8 Å². The standard InChI is InChI=1S/C21H23F2O4P/c1-4-13(2)27-28(24,25)20(12-15-9-10-17(22)18(23)11-15)21-14(3)16-7-5-6-8-19(16)26-21/h5-11,13,20H,4,12H2,1-3H3,(H,24,25). The van der Waals surface area contributed by atoms with Gasteiger partial charge in [-0.1, -0.05) is 31.2 Å². The molecule has 4 nitrogen and oxygen atoms in total. The highest BCUT2D eigenvalue weighted by atomic mass is 31.2. The largest absolute Gasteiger partial charge is 0.460 e. The minimum Gasteiger partial charge on any atom is -0.460 e. The van der Waals surface area contributed by atoms with Crippen LogP contribution in [0.15, 0.2) is 46.9 Å². The van der Waals surface area contributed by atoms with Crippen molar-refractivity contribution in [3.63, 3.8) is 0 Å². The van der Waals surface area contributed by atoms with Crippen LogP contribution in [0.3, 0.4) is 0 Å². The van der Waals surface area contributed by atoms with Crippen LogP contribution in [0.25, 0.3) is 11.0 Å². The smallest absolute Gasteiger partial charge is 0.339 e. The van der Waals surface area contributed by atoms with Crippen LogP contribution in [0.1, 0.15) is 42.8 Å². The molecule has 0 aliphatic heterocycles. The number of rotatable bonds is 7. The van der Waals surface area contributed by atoms with Crippen molar-refractivity contribution in [3.8, 4) is 0 Å². The van der Waals surface area contributed by atoms with Gasteiger partial charge in [0.25, 0.3) is 0 Å². The zero-order valence-corrected chi connectivity index (χ0v) is 16.9. The summed E-state index contributed by atoms with van der Waals surface area (Å²) in [5.41, 5.74) is 0.656. The maximum absolute atomic E-state index is 13.7. The number of aryl methyl sites for hydroxylation is 1. The van der Waals surface area contributed by atoms with Gasteiger partial charge in [-0.3, -0.25) is 4.57 Å². The van der Waals surface area contributed by atoms with Gasteiger partial charge in [0.2, 0.25) is 0 Å². The van der Waals surface area contributed by atoms with E-state index in [1.54, 1.807) is 13.0 Å². The van der Waals surface area contributed by atoms with Gasteiger partial charge in [0.05, 0.1) is 6.10 Å². The molecule has 0 spiro atoms. The van der Waals surface area contributed by atoms with Gasteiger partial charge in [-0.15, -0.1) is 0 Å². The Morgan fingerprint density at radius 1 is 1.18 bits per heavy atom. The van der Waals surface area contributed by atoms with Crippen LogP contribution >= 0.6 is 7.60 Å². The summed E-state index contributed by atoms with van der Waals surface area (Å²) < 4.78 is 51.5. The topological polar surface area (TPSA) is 59.7 Å². The molecule has 0 saturated heterocycles. The van der Waals surface area contributed by atoms with Gasteiger partial charge in [0, 0.05) is 5.39 Å². The average Bonchev–Trinajstić information content (AvgIpc) is 2.98. The molecule has 150 valence electrons. The predicted molar refractivity (Wildman–Crippen MR) is 104 cm³/mol. The summed E-state index contributed by atoms with van der Waals surface area (Å²) in [7, 11) is -4.18. The van der Waals surface area contributed by atoms with E-state index in [-0.39, 0.29) is 6.42 Å². The second-order valence-electron chi connectivity index (χ2n) is 6.94. The van der Waals surface area contributed by atoms with Crippen LogP contribution in [-0.2, 0) is 15.5 Å². The Balaban J connectivity index is 2.08. The molecule has 28 heavy (non-hydrogen) atoms. The van der Waals surface area contributed by atoms with Crippen molar-refractivity contribution in [2.45, 2.75) is 45.4 Å². The van der Waals surface area contributed by atoms with Crippen LogP contribution in [-0.4, -0.2) is 11.0 Å². The molecule has 1 heterocycles. The monoisotopic (exact) mass is 408 g/mol. The molecular weight excluding hydrogens is 385 g/mol. The lowest BCUT2D eigenvalue weighted by Gasteiger charge is -2.24. The molecule has 1 N–H and O–H groups in total. The summed E-state index contributed by atoms with van der Waals surface area (Å²) in [5, 5.41) is 0.830. The molecule has 0 aliphatic carbocycles. The highest BCUT2D eigenvalue weighted by molar-refractivity contribution is 7.53. The number of benzene rings is 2. The van der Waals surface area contributed by atoms with E-state index in [2.05, 4.69) is 0 Å². The molecule has 3 aromatic rings. The van der Waals surface area contributed by atoms with Crippen LogP contribution in [0, 0.1) is 18.6 Å². The molecule has 3 atom stereocenters. The quantitative estimate of drug-likeness (QED) is 0.466. The van der Waals surface area contributed by atoms with E-state index in [0.717, 1.165) is 23.1 Å². The Labute approximate surface area is 162 Å². The van der Waals surface area contributed by atoms with E-state index in [1.807, 2.05) is 32.0 Å². The number of halogens is 2. The van der Waals surface area contributed by atoms with E-state index in [4.69, 9.17) is 8.94 Å². The fourth-order valence-electron chi connectivity index (χ4n) is 3.16. The third-order valence-electron chi connectivity index (χ3n) is 4.90.